The minimum absolute atomic E-state index is 0.111. The first-order valence-electron chi connectivity index (χ1n) is 9.45. The number of ether oxygens (including phenoxy) is 1. The lowest BCUT2D eigenvalue weighted by molar-refractivity contribution is -0.132. The lowest BCUT2D eigenvalue weighted by atomic mass is 10.2. The molecule has 0 aliphatic rings. The first kappa shape index (κ1) is 20.5. The third-order valence-corrected chi connectivity index (χ3v) is 4.11. The van der Waals surface area contributed by atoms with Crippen molar-refractivity contribution in [3.8, 4) is 0 Å². The Kier molecular flexibility index (Phi) is 8.90. The van der Waals surface area contributed by atoms with E-state index in [0.717, 1.165) is 24.1 Å². The molecule has 0 radical (unpaired) electrons. The zero-order chi connectivity index (χ0) is 19.3. The number of carbonyl (C=O) groups is 2. The molecule has 5 nitrogen and oxygen atoms in total. The number of hydrogen-bond acceptors (Lipinski definition) is 3. The van der Waals surface area contributed by atoms with E-state index in [1.54, 1.807) is 0 Å². The van der Waals surface area contributed by atoms with Crippen molar-refractivity contribution in [2.24, 2.45) is 0 Å². The van der Waals surface area contributed by atoms with Gasteiger partial charge in [-0.3, -0.25) is 4.79 Å². The van der Waals surface area contributed by atoms with E-state index in [4.69, 9.17) is 4.74 Å². The molecule has 0 saturated carbocycles. The van der Waals surface area contributed by atoms with E-state index in [2.05, 4.69) is 12.2 Å². The van der Waals surface area contributed by atoms with Crippen LogP contribution in [0.1, 0.15) is 37.3 Å². The summed E-state index contributed by atoms with van der Waals surface area (Å²) >= 11 is 0. The number of hydrogen-bond donors (Lipinski definition) is 1. The summed E-state index contributed by atoms with van der Waals surface area (Å²) in [5.74, 6) is 0.111. The molecule has 0 bridgehead atoms. The van der Waals surface area contributed by atoms with Crippen molar-refractivity contribution in [3.05, 3.63) is 71.8 Å². The maximum Gasteiger partial charge on any atom is 0.407 e. The van der Waals surface area contributed by atoms with Crippen molar-refractivity contribution in [1.29, 1.82) is 0 Å². The fourth-order valence-electron chi connectivity index (χ4n) is 2.73. The van der Waals surface area contributed by atoms with Crippen LogP contribution < -0.4 is 5.32 Å². The second-order valence-corrected chi connectivity index (χ2v) is 6.39. The molecule has 2 rings (SSSR count). The fourth-order valence-corrected chi connectivity index (χ4v) is 2.73. The van der Waals surface area contributed by atoms with Crippen LogP contribution in [0.4, 0.5) is 4.79 Å². The van der Waals surface area contributed by atoms with Crippen LogP contribution in [0.5, 0.6) is 0 Å². The first-order chi connectivity index (χ1) is 13.2. The first-order valence-corrected chi connectivity index (χ1v) is 9.45. The number of carbonyl (C=O) groups excluding carboxylic acids is 2. The molecule has 27 heavy (non-hydrogen) atoms. The van der Waals surface area contributed by atoms with E-state index in [1.807, 2.05) is 65.6 Å². The van der Waals surface area contributed by atoms with Gasteiger partial charge >= 0.3 is 6.09 Å². The Labute approximate surface area is 161 Å². The highest BCUT2D eigenvalue weighted by molar-refractivity contribution is 5.76. The molecule has 0 aromatic heterocycles. The molecule has 0 spiro atoms. The standard InChI is InChI=1S/C22H28N2O3/c1-2-16-24(17-19-10-5-3-6-11-19)21(25)14-9-15-23-22(26)27-18-20-12-7-4-8-13-20/h3-8,10-13H,2,9,14-18H2,1H3,(H,23,26). The Bertz CT molecular complexity index is 689. The minimum atomic E-state index is -0.457. The number of nitrogens with zero attached hydrogens (tertiary/aromatic N) is 1. The van der Waals surface area contributed by atoms with Crippen LogP contribution in [-0.2, 0) is 22.7 Å². The van der Waals surface area contributed by atoms with Crippen LogP contribution >= 0.6 is 0 Å². The fraction of sp³-hybridized carbons (Fsp3) is 0.364. The second-order valence-electron chi connectivity index (χ2n) is 6.39. The van der Waals surface area contributed by atoms with Gasteiger partial charge in [0.05, 0.1) is 0 Å². The summed E-state index contributed by atoms with van der Waals surface area (Å²) in [5.41, 5.74) is 2.07. The van der Waals surface area contributed by atoms with Crippen molar-refractivity contribution >= 4 is 12.0 Å². The van der Waals surface area contributed by atoms with Crippen LogP contribution in [0, 0.1) is 0 Å². The van der Waals surface area contributed by atoms with Crippen molar-refractivity contribution in [2.75, 3.05) is 13.1 Å². The molecule has 0 unspecified atom stereocenters. The molecule has 0 atom stereocenters. The highest BCUT2D eigenvalue weighted by atomic mass is 16.5. The van der Waals surface area contributed by atoms with E-state index in [0.29, 0.717) is 25.9 Å². The van der Waals surface area contributed by atoms with Crippen molar-refractivity contribution in [1.82, 2.24) is 10.2 Å². The molecule has 1 N–H and O–H groups in total. The Morgan fingerprint density at radius 2 is 1.59 bits per heavy atom. The van der Waals surface area contributed by atoms with Crippen molar-refractivity contribution < 1.29 is 14.3 Å². The number of rotatable bonds is 10. The van der Waals surface area contributed by atoms with Gasteiger partial charge in [-0.25, -0.2) is 4.79 Å². The van der Waals surface area contributed by atoms with Crippen LogP contribution in [0.25, 0.3) is 0 Å². The average Bonchev–Trinajstić information content (AvgIpc) is 2.71. The van der Waals surface area contributed by atoms with E-state index in [1.165, 1.54) is 0 Å². The topological polar surface area (TPSA) is 58.6 Å². The van der Waals surface area contributed by atoms with E-state index in [9.17, 15) is 9.59 Å². The van der Waals surface area contributed by atoms with Gasteiger partial charge in [0.2, 0.25) is 5.91 Å². The minimum Gasteiger partial charge on any atom is -0.445 e. The van der Waals surface area contributed by atoms with Gasteiger partial charge in [-0.2, -0.15) is 0 Å². The third-order valence-electron chi connectivity index (χ3n) is 4.11. The van der Waals surface area contributed by atoms with Crippen LogP contribution in [-0.4, -0.2) is 30.0 Å². The molecule has 0 fully saturated rings. The highest BCUT2D eigenvalue weighted by Gasteiger charge is 2.13. The molecule has 0 saturated heterocycles. The van der Waals surface area contributed by atoms with Crippen molar-refractivity contribution in [3.63, 3.8) is 0 Å². The number of nitrogens with one attached hydrogen (secondary N) is 1. The molecule has 144 valence electrons. The quantitative estimate of drug-likeness (QED) is 0.642. The third kappa shape index (κ3) is 7.94. The van der Waals surface area contributed by atoms with E-state index >= 15 is 0 Å². The predicted octanol–water partition coefficient (Wildman–Crippen LogP) is 4.13. The number of alkyl carbamates (subject to hydrolysis) is 1. The SMILES string of the molecule is CCCN(Cc1ccccc1)C(=O)CCCNC(=O)OCc1ccccc1. The summed E-state index contributed by atoms with van der Waals surface area (Å²) in [6.07, 6.45) is 1.46. The zero-order valence-electron chi connectivity index (χ0n) is 15.9. The smallest absolute Gasteiger partial charge is 0.407 e. The van der Waals surface area contributed by atoms with Crippen LogP contribution in [0.3, 0.4) is 0 Å². The lowest BCUT2D eigenvalue weighted by Crippen LogP contribution is -2.32. The predicted molar refractivity (Wildman–Crippen MR) is 106 cm³/mol. The molecule has 0 aliphatic carbocycles. The summed E-state index contributed by atoms with van der Waals surface area (Å²) in [7, 11) is 0. The number of amides is 2. The Balaban J connectivity index is 1.66. The second kappa shape index (κ2) is 11.7. The van der Waals surface area contributed by atoms with Gasteiger partial charge in [-0.15, -0.1) is 0 Å². The van der Waals surface area contributed by atoms with Gasteiger partial charge in [-0.1, -0.05) is 67.6 Å². The molecule has 2 amide bonds. The molecular formula is C22H28N2O3. The zero-order valence-corrected chi connectivity index (χ0v) is 15.9. The van der Waals surface area contributed by atoms with Gasteiger partial charge in [0.25, 0.3) is 0 Å². The summed E-state index contributed by atoms with van der Waals surface area (Å²) < 4.78 is 5.15. The van der Waals surface area contributed by atoms with E-state index < -0.39 is 6.09 Å². The Morgan fingerprint density at radius 1 is 0.963 bits per heavy atom. The lowest BCUT2D eigenvalue weighted by Gasteiger charge is -2.22. The summed E-state index contributed by atoms with van der Waals surface area (Å²) in [4.78, 5) is 26.1. The van der Waals surface area contributed by atoms with Crippen LogP contribution in [0.15, 0.2) is 60.7 Å². The largest absolute Gasteiger partial charge is 0.445 e. The molecule has 5 heteroatoms. The summed E-state index contributed by atoms with van der Waals surface area (Å²) in [6.45, 7) is 4.09. The maximum atomic E-state index is 12.5. The van der Waals surface area contributed by atoms with E-state index in [-0.39, 0.29) is 12.5 Å². The van der Waals surface area contributed by atoms with Gasteiger partial charge in [0, 0.05) is 26.1 Å². The molecule has 0 heterocycles. The molecule has 2 aromatic carbocycles. The van der Waals surface area contributed by atoms with Gasteiger partial charge in [0.15, 0.2) is 0 Å². The monoisotopic (exact) mass is 368 g/mol. The molecular weight excluding hydrogens is 340 g/mol. The average molecular weight is 368 g/mol. The summed E-state index contributed by atoms with van der Waals surface area (Å²) in [6, 6.07) is 19.5. The highest BCUT2D eigenvalue weighted by Crippen LogP contribution is 2.08. The normalized spacial score (nSPS) is 10.3. The molecule has 0 aliphatic heterocycles. The maximum absolute atomic E-state index is 12.5. The van der Waals surface area contributed by atoms with Gasteiger partial charge in [0.1, 0.15) is 6.61 Å². The van der Waals surface area contributed by atoms with Gasteiger partial charge in [-0.05, 0) is 24.0 Å². The Hall–Kier alpha value is -2.82. The van der Waals surface area contributed by atoms with Crippen molar-refractivity contribution in [2.45, 2.75) is 39.3 Å². The Morgan fingerprint density at radius 3 is 2.22 bits per heavy atom. The summed E-state index contributed by atoms with van der Waals surface area (Å²) in [5, 5.41) is 2.70. The molecule has 2 aromatic rings. The van der Waals surface area contributed by atoms with Gasteiger partial charge < -0.3 is 15.0 Å². The number of benzene rings is 2. The van der Waals surface area contributed by atoms with Crippen LogP contribution in [0.2, 0.25) is 0 Å².